The van der Waals surface area contributed by atoms with Crippen molar-refractivity contribution in [2.45, 2.75) is 65.6 Å². The van der Waals surface area contributed by atoms with Crippen molar-refractivity contribution in [1.29, 1.82) is 0 Å². The van der Waals surface area contributed by atoms with Crippen LogP contribution in [0, 0.1) is 0 Å². The molecule has 1 N–H and O–H groups in total. The van der Waals surface area contributed by atoms with E-state index in [1.165, 1.54) is 39.0 Å². The smallest absolute Gasteiger partial charge is 0.0113 e. The molecule has 1 fully saturated rings. The van der Waals surface area contributed by atoms with Crippen LogP contribution in [-0.2, 0) is 0 Å². The molecule has 0 radical (unpaired) electrons. The van der Waals surface area contributed by atoms with Gasteiger partial charge in [0, 0.05) is 44.3 Å². The fourth-order valence-corrected chi connectivity index (χ4v) is 2.97. The van der Waals surface area contributed by atoms with Gasteiger partial charge in [0.2, 0.25) is 0 Å². The van der Waals surface area contributed by atoms with Crippen LogP contribution in [0.5, 0.6) is 0 Å². The molecular formula is C15H33N3. The first-order valence-electron chi connectivity index (χ1n) is 7.79. The molecule has 3 atom stereocenters. The lowest BCUT2D eigenvalue weighted by Crippen LogP contribution is -2.52. The number of piperazine rings is 1. The Kier molecular flexibility index (Phi) is 7.20. The second kappa shape index (κ2) is 8.13. The highest BCUT2D eigenvalue weighted by Crippen LogP contribution is 2.13. The van der Waals surface area contributed by atoms with E-state index in [9.17, 15) is 0 Å². The van der Waals surface area contributed by atoms with Gasteiger partial charge >= 0.3 is 0 Å². The van der Waals surface area contributed by atoms with E-state index >= 15 is 0 Å². The highest BCUT2D eigenvalue weighted by molar-refractivity contribution is 4.80. The van der Waals surface area contributed by atoms with Crippen molar-refractivity contribution in [3.05, 3.63) is 0 Å². The summed E-state index contributed by atoms with van der Waals surface area (Å²) in [5, 5.41) is 3.51. The predicted molar refractivity (Wildman–Crippen MR) is 80.1 cm³/mol. The Hall–Kier alpha value is -0.120. The van der Waals surface area contributed by atoms with E-state index in [0.717, 1.165) is 12.6 Å². The quantitative estimate of drug-likeness (QED) is 0.752. The molecule has 1 aliphatic rings. The Labute approximate surface area is 114 Å². The van der Waals surface area contributed by atoms with Crippen LogP contribution >= 0.6 is 0 Å². The molecule has 3 nitrogen and oxygen atoms in total. The average Bonchev–Trinajstić information content (AvgIpc) is 2.38. The van der Waals surface area contributed by atoms with Crippen molar-refractivity contribution in [3.8, 4) is 0 Å². The van der Waals surface area contributed by atoms with Crippen LogP contribution in [-0.4, -0.2) is 60.6 Å². The van der Waals surface area contributed by atoms with E-state index in [2.05, 4.69) is 49.7 Å². The van der Waals surface area contributed by atoms with Crippen molar-refractivity contribution >= 4 is 0 Å². The van der Waals surface area contributed by atoms with E-state index in [-0.39, 0.29) is 0 Å². The zero-order chi connectivity index (χ0) is 13.5. The highest BCUT2D eigenvalue weighted by atomic mass is 15.3. The van der Waals surface area contributed by atoms with Gasteiger partial charge in [-0.3, -0.25) is 9.80 Å². The standard InChI is InChI=1S/C15H33N3/c1-6-14(4)17-8-10-18(11-9-17)15(5)12-13(3)16-7-2/h13-16H,6-12H2,1-5H3. The molecule has 0 amide bonds. The summed E-state index contributed by atoms with van der Waals surface area (Å²) in [7, 11) is 0. The van der Waals surface area contributed by atoms with E-state index in [1.54, 1.807) is 0 Å². The van der Waals surface area contributed by atoms with Crippen LogP contribution in [0.3, 0.4) is 0 Å². The molecule has 0 aliphatic carbocycles. The highest BCUT2D eigenvalue weighted by Gasteiger charge is 2.23. The van der Waals surface area contributed by atoms with E-state index in [0.29, 0.717) is 12.1 Å². The molecule has 1 aliphatic heterocycles. The van der Waals surface area contributed by atoms with Gasteiger partial charge in [-0.2, -0.15) is 0 Å². The summed E-state index contributed by atoms with van der Waals surface area (Å²) in [4.78, 5) is 5.30. The molecule has 3 heteroatoms. The maximum atomic E-state index is 3.51. The molecule has 1 rings (SSSR count). The molecule has 0 aromatic carbocycles. The van der Waals surface area contributed by atoms with Gasteiger partial charge in [-0.05, 0) is 40.2 Å². The van der Waals surface area contributed by atoms with Crippen LogP contribution in [0.15, 0.2) is 0 Å². The molecule has 3 unspecified atom stereocenters. The summed E-state index contributed by atoms with van der Waals surface area (Å²) >= 11 is 0. The fourth-order valence-electron chi connectivity index (χ4n) is 2.97. The average molecular weight is 255 g/mol. The summed E-state index contributed by atoms with van der Waals surface area (Å²) < 4.78 is 0. The second-order valence-electron chi connectivity index (χ2n) is 5.87. The molecule has 0 bridgehead atoms. The number of hydrogen-bond acceptors (Lipinski definition) is 3. The Morgan fingerprint density at radius 2 is 1.39 bits per heavy atom. The van der Waals surface area contributed by atoms with Crippen LogP contribution in [0.2, 0.25) is 0 Å². The van der Waals surface area contributed by atoms with Crippen LogP contribution in [0.4, 0.5) is 0 Å². The van der Waals surface area contributed by atoms with Crippen molar-refractivity contribution in [1.82, 2.24) is 15.1 Å². The minimum absolute atomic E-state index is 0.637. The maximum absolute atomic E-state index is 3.51. The topological polar surface area (TPSA) is 18.5 Å². The first-order chi connectivity index (χ1) is 8.58. The SMILES string of the molecule is CCNC(C)CC(C)N1CCN(C(C)CC)CC1. The molecule has 18 heavy (non-hydrogen) atoms. The molecule has 1 saturated heterocycles. The van der Waals surface area contributed by atoms with Crippen LogP contribution < -0.4 is 5.32 Å². The zero-order valence-corrected chi connectivity index (χ0v) is 13.1. The van der Waals surface area contributed by atoms with Gasteiger partial charge in [0.15, 0.2) is 0 Å². The first kappa shape index (κ1) is 15.9. The van der Waals surface area contributed by atoms with Crippen molar-refractivity contribution < 1.29 is 0 Å². The lowest BCUT2D eigenvalue weighted by Gasteiger charge is -2.41. The van der Waals surface area contributed by atoms with E-state index in [4.69, 9.17) is 0 Å². The zero-order valence-electron chi connectivity index (χ0n) is 13.1. The molecule has 0 saturated carbocycles. The van der Waals surface area contributed by atoms with Gasteiger partial charge in [0.25, 0.3) is 0 Å². The monoisotopic (exact) mass is 255 g/mol. The van der Waals surface area contributed by atoms with Crippen molar-refractivity contribution in [2.75, 3.05) is 32.7 Å². The minimum atomic E-state index is 0.637. The lowest BCUT2D eigenvalue weighted by molar-refractivity contribution is 0.0722. The fraction of sp³-hybridized carbons (Fsp3) is 1.00. The van der Waals surface area contributed by atoms with Gasteiger partial charge in [-0.1, -0.05) is 13.8 Å². The van der Waals surface area contributed by atoms with Gasteiger partial charge < -0.3 is 5.32 Å². The Balaban J connectivity index is 2.29. The van der Waals surface area contributed by atoms with Crippen molar-refractivity contribution in [3.63, 3.8) is 0 Å². The van der Waals surface area contributed by atoms with Gasteiger partial charge in [0.1, 0.15) is 0 Å². The van der Waals surface area contributed by atoms with Gasteiger partial charge in [0.05, 0.1) is 0 Å². The van der Waals surface area contributed by atoms with Crippen LogP contribution in [0.25, 0.3) is 0 Å². The Morgan fingerprint density at radius 1 is 0.889 bits per heavy atom. The molecule has 0 spiro atoms. The third-order valence-corrected chi connectivity index (χ3v) is 4.43. The van der Waals surface area contributed by atoms with E-state index < -0.39 is 0 Å². The molecule has 0 aromatic rings. The summed E-state index contributed by atoms with van der Waals surface area (Å²) in [6, 6.07) is 2.10. The molecule has 108 valence electrons. The van der Waals surface area contributed by atoms with Gasteiger partial charge in [-0.25, -0.2) is 0 Å². The number of nitrogens with zero attached hydrogens (tertiary/aromatic N) is 2. The molecule has 0 aromatic heterocycles. The van der Waals surface area contributed by atoms with Crippen LogP contribution in [0.1, 0.15) is 47.5 Å². The second-order valence-corrected chi connectivity index (χ2v) is 5.87. The summed E-state index contributed by atoms with van der Waals surface area (Å²) in [5.41, 5.74) is 0. The number of rotatable bonds is 7. The summed E-state index contributed by atoms with van der Waals surface area (Å²) in [6.45, 7) is 17.6. The normalized spacial score (nSPS) is 23.8. The Bertz CT molecular complexity index is 212. The third-order valence-electron chi connectivity index (χ3n) is 4.43. The molecule has 1 heterocycles. The van der Waals surface area contributed by atoms with Crippen molar-refractivity contribution in [2.24, 2.45) is 0 Å². The third kappa shape index (κ3) is 4.87. The number of hydrogen-bond donors (Lipinski definition) is 1. The maximum Gasteiger partial charge on any atom is 0.0113 e. The minimum Gasteiger partial charge on any atom is -0.314 e. The number of nitrogens with one attached hydrogen (secondary N) is 1. The first-order valence-corrected chi connectivity index (χ1v) is 7.79. The predicted octanol–water partition coefficient (Wildman–Crippen LogP) is 2.18. The van der Waals surface area contributed by atoms with E-state index in [1.807, 2.05) is 0 Å². The summed E-state index contributed by atoms with van der Waals surface area (Å²) in [6.07, 6.45) is 2.53. The molecular weight excluding hydrogens is 222 g/mol. The lowest BCUT2D eigenvalue weighted by atomic mass is 10.1. The largest absolute Gasteiger partial charge is 0.314 e. The van der Waals surface area contributed by atoms with Gasteiger partial charge in [-0.15, -0.1) is 0 Å². The summed E-state index contributed by atoms with van der Waals surface area (Å²) in [5.74, 6) is 0. The Morgan fingerprint density at radius 3 is 1.83 bits per heavy atom.